The highest BCUT2D eigenvalue weighted by Gasteiger charge is 2.41. The zero-order chi connectivity index (χ0) is 29.0. The molecule has 1 aromatic heterocycles. The Kier molecular flexibility index (Phi) is 9.15. The molecule has 220 valence electrons. The van der Waals surface area contributed by atoms with Crippen LogP contribution in [0.15, 0.2) is 60.8 Å². The molecule has 2 heterocycles. The Morgan fingerprint density at radius 2 is 1.68 bits per heavy atom. The average Bonchev–Trinajstić information content (AvgIpc) is 3.76. The molecular formula is C34H46N4O3. The summed E-state index contributed by atoms with van der Waals surface area (Å²) >= 11 is 0. The molecule has 2 aliphatic rings. The highest BCUT2D eigenvalue weighted by molar-refractivity contribution is 5.86. The third kappa shape index (κ3) is 7.02. The van der Waals surface area contributed by atoms with Gasteiger partial charge in [-0.05, 0) is 42.9 Å². The van der Waals surface area contributed by atoms with Crippen molar-refractivity contribution in [3.05, 3.63) is 71.9 Å². The van der Waals surface area contributed by atoms with E-state index >= 15 is 0 Å². The van der Waals surface area contributed by atoms with Crippen molar-refractivity contribution >= 4 is 22.7 Å². The van der Waals surface area contributed by atoms with E-state index in [0.29, 0.717) is 38.6 Å². The highest BCUT2D eigenvalue weighted by atomic mass is 16.5. The van der Waals surface area contributed by atoms with E-state index in [0.717, 1.165) is 38.0 Å². The summed E-state index contributed by atoms with van der Waals surface area (Å²) < 4.78 is 7.58. The van der Waals surface area contributed by atoms with Crippen molar-refractivity contribution < 1.29 is 14.3 Å². The maximum atomic E-state index is 14.2. The fraction of sp³-hybridized carbons (Fsp3) is 0.529. The van der Waals surface area contributed by atoms with Gasteiger partial charge in [0.25, 0.3) is 0 Å². The van der Waals surface area contributed by atoms with Gasteiger partial charge in [-0.2, -0.15) is 0 Å². The third-order valence-electron chi connectivity index (χ3n) is 8.45. The molecule has 1 aliphatic heterocycles. The minimum atomic E-state index is -0.497. The van der Waals surface area contributed by atoms with Gasteiger partial charge in [-0.3, -0.25) is 9.59 Å². The lowest BCUT2D eigenvalue weighted by atomic mass is 9.89. The lowest BCUT2D eigenvalue weighted by Gasteiger charge is -2.41. The van der Waals surface area contributed by atoms with Crippen molar-refractivity contribution in [3.8, 4) is 0 Å². The monoisotopic (exact) mass is 558 g/mol. The number of aryl methyl sites for hydroxylation is 1. The molecule has 3 aromatic rings. The number of amides is 2. The van der Waals surface area contributed by atoms with Crippen LogP contribution in [0.5, 0.6) is 0 Å². The Labute approximate surface area is 244 Å². The molecule has 7 heteroatoms. The third-order valence-corrected chi connectivity index (χ3v) is 8.45. The summed E-state index contributed by atoms with van der Waals surface area (Å²) in [5.41, 5.74) is 3.02. The van der Waals surface area contributed by atoms with Crippen molar-refractivity contribution in [3.63, 3.8) is 0 Å². The van der Waals surface area contributed by atoms with E-state index in [9.17, 15) is 9.59 Å². The zero-order valence-corrected chi connectivity index (χ0v) is 25.1. The molecule has 41 heavy (non-hydrogen) atoms. The summed E-state index contributed by atoms with van der Waals surface area (Å²) in [4.78, 5) is 32.0. The number of carbonyl (C=O) groups is 2. The molecule has 0 radical (unpaired) electrons. The van der Waals surface area contributed by atoms with Gasteiger partial charge >= 0.3 is 0 Å². The maximum absolute atomic E-state index is 14.2. The summed E-state index contributed by atoms with van der Waals surface area (Å²) in [6, 6.07) is 18.9. The van der Waals surface area contributed by atoms with Crippen LogP contribution in [0.25, 0.3) is 10.9 Å². The number of ether oxygens (including phenoxy) is 1. The summed E-state index contributed by atoms with van der Waals surface area (Å²) in [7, 11) is 1.74. The Hall–Kier alpha value is -3.16. The topological polar surface area (TPSA) is 66.8 Å². The molecule has 1 saturated heterocycles. The lowest BCUT2D eigenvalue weighted by molar-refractivity contribution is -0.146. The van der Waals surface area contributed by atoms with Crippen LogP contribution in [0, 0.1) is 11.3 Å². The second kappa shape index (κ2) is 12.8. The van der Waals surface area contributed by atoms with Crippen LogP contribution >= 0.6 is 0 Å². The standard InChI is InChI=1S/C34H46N4O3/c1-34(2,3)33(40)38(22-25-11-6-5-7-12-25)29-19-26(20-35-21-29)32(39)37(28-15-16-28)24-27-23-36(17-10-18-41-4)31-14-9-8-13-30(27)31/h5-9,11-14,23,26,28-29,35H,10,15-22,24H2,1-4H3/t26?,29-/m0/s1. The molecule has 5 rings (SSSR count). The largest absolute Gasteiger partial charge is 0.385 e. The molecule has 0 bridgehead atoms. The molecule has 2 aromatic carbocycles. The number of hydrogen-bond donors (Lipinski definition) is 1. The molecule has 2 amide bonds. The molecule has 1 aliphatic carbocycles. The Bertz CT molecular complexity index is 1320. The van der Waals surface area contributed by atoms with E-state index in [1.165, 1.54) is 16.5 Å². The highest BCUT2D eigenvalue weighted by Crippen LogP contribution is 2.34. The van der Waals surface area contributed by atoms with Gasteiger partial charge < -0.3 is 24.4 Å². The smallest absolute Gasteiger partial charge is 0.228 e. The zero-order valence-electron chi connectivity index (χ0n) is 25.1. The van der Waals surface area contributed by atoms with Crippen molar-refractivity contribution in [2.75, 3.05) is 26.8 Å². The second-order valence-corrected chi connectivity index (χ2v) is 12.8. The van der Waals surface area contributed by atoms with Crippen LogP contribution in [0.4, 0.5) is 0 Å². The number of hydrogen-bond acceptors (Lipinski definition) is 4. The van der Waals surface area contributed by atoms with Gasteiger partial charge in [-0.15, -0.1) is 0 Å². The minimum Gasteiger partial charge on any atom is -0.385 e. The molecule has 7 nitrogen and oxygen atoms in total. The first kappa shape index (κ1) is 29.3. The lowest BCUT2D eigenvalue weighted by Crippen LogP contribution is -2.56. The summed E-state index contributed by atoms with van der Waals surface area (Å²) in [6.07, 6.45) is 5.98. The van der Waals surface area contributed by atoms with Gasteiger partial charge in [0.1, 0.15) is 0 Å². The number of methoxy groups -OCH3 is 1. The first-order chi connectivity index (χ1) is 19.8. The van der Waals surface area contributed by atoms with E-state index in [4.69, 9.17) is 4.74 Å². The number of rotatable bonds is 11. The van der Waals surface area contributed by atoms with Crippen LogP contribution in [-0.4, -0.2) is 65.1 Å². The van der Waals surface area contributed by atoms with Gasteiger partial charge in [-0.25, -0.2) is 0 Å². The fourth-order valence-corrected chi connectivity index (χ4v) is 6.13. The summed E-state index contributed by atoms with van der Waals surface area (Å²) in [5.74, 6) is 0.181. The predicted molar refractivity (Wildman–Crippen MR) is 163 cm³/mol. The Morgan fingerprint density at radius 1 is 0.951 bits per heavy atom. The van der Waals surface area contributed by atoms with Gasteiger partial charge in [0.05, 0.1) is 5.92 Å². The van der Waals surface area contributed by atoms with Crippen molar-refractivity contribution in [2.24, 2.45) is 11.3 Å². The number of nitrogens with zero attached hydrogens (tertiary/aromatic N) is 3. The van der Waals surface area contributed by atoms with E-state index in [2.05, 4.69) is 57.4 Å². The van der Waals surface area contributed by atoms with Crippen LogP contribution in [0.1, 0.15) is 57.6 Å². The van der Waals surface area contributed by atoms with Gasteiger partial charge in [-0.1, -0.05) is 69.3 Å². The predicted octanol–water partition coefficient (Wildman–Crippen LogP) is 5.22. The number of carbonyl (C=O) groups excluding carboxylic acids is 2. The number of piperidine rings is 1. The Morgan fingerprint density at radius 3 is 2.39 bits per heavy atom. The van der Waals surface area contributed by atoms with Crippen LogP contribution in [0.2, 0.25) is 0 Å². The Balaban J connectivity index is 1.35. The normalized spacial score (nSPS) is 19.3. The molecule has 0 spiro atoms. The van der Waals surface area contributed by atoms with Crippen molar-refractivity contribution in [1.29, 1.82) is 0 Å². The first-order valence-electron chi connectivity index (χ1n) is 15.2. The number of para-hydroxylation sites is 1. The molecule has 1 unspecified atom stereocenters. The number of aromatic nitrogens is 1. The van der Waals surface area contributed by atoms with E-state index in [1.807, 2.05) is 43.9 Å². The minimum absolute atomic E-state index is 0.0339. The van der Waals surface area contributed by atoms with Crippen molar-refractivity contribution in [2.45, 2.75) is 78.2 Å². The van der Waals surface area contributed by atoms with Crippen LogP contribution in [0.3, 0.4) is 0 Å². The van der Waals surface area contributed by atoms with Crippen LogP contribution < -0.4 is 5.32 Å². The fourth-order valence-electron chi connectivity index (χ4n) is 6.13. The molecule has 2 atom stereocenters. The van der Waals surface area contributed by atoms with Crippen LogP contribution in [-0.2, 0) is 34.0 Å². The second-order valence-electron chi connectivity index (χ2n) is 12.8. The molecular weight excluding hydrogens is 512 g/mol. The van der Waals surface area contributed by atoms with Crippen molar-refractivity contribution in [1.82, 2.24) is 19.7 Å². The summed E-state index contributed by atoms with van der Waals surface area (Å²) in [6.45, 7) is 10.1. The maximum Gasteiger partial charge on any atom is 0.228 e. The molecule has 1 N–H and O–H groups in total. The average molecular weight is 559 g/mol. The quantitative estimate of drug-likeness (QED) is 0.328. The first-order valence-corrected chi connectivity index (χ1v) is 15.2. The van der Waals surface area contributed by atoms with E-state index in [-0.39, 0.29) is 23.8 Å². The van der Waals surface area contributed by atoms with Gasteiger partial charge in [0.2, 0.25) is 11.8 Å². The SMILES string of the molecule is COCCCn1cc(CN(C(=O)C2CNC[C@@H](N(Cc3ccccc3)C(=O)C(C)(C)C)C2)C2CC2)c2ccccc21. The summed E-state index contributed by atoms with van der Waals surface area (Å²) in [5, 5.41) is 4.74. The van der Waals surface area contributed by atoms with Gasteiger partial charge in [0.15, 0.2) is 0 Å². The number of nitrogens with one attached hydrogen (secondary N) is 1. The van der Waals surface area contributed by atoms with E-state index < -0.39 is 5.41 Å². The van der Waals surface area contributed by atoms with E-state index in [1.54, 1.807) is 7.11 Å². The molecule has 2 fully saturated rings. The van der Waals surface area contributed by atoms with Gasteiger partial charge in [0, 0.05) is 81.0 Å². The number of benzene rings is 2. The number of fused-ring (bicyclic) bond motifs is 1. The molecule has 1 saturated carbocycles.